The van der Waals surface area contributed by atoms with E-state index in [9.17, 15) is 0 Å². The molecule has 1 saturated heterocycles. The van der Waals surface area contributed by atoms with Crippen molar-refractivity contribution < 1.29 is 9.47 Å². The summed E-state index contributed by atoms with van der Waals surface area (Å²) < 4.78 is 11.4. The van der Waals surface area contributed by atoms with Crippen molar-refractivity contribution >= 4 is 17.8 Å². The Kier molecular flexibility index (Phi) is 4.51. The van der Waals surface area contributed by atoms with Crippen molar-refractivity contribution in [3.63, 3.8) is 0 Å². The molecule has 1 aliphatic heterocycles. The van der Waals surface area contributed by atoms with Crippen LogP contribution in [0.4, 0.5) is 0 Å². The molecule has 1 heterocycles. The normalized spacial score (nSPS) is 22.1. The van der Waals surface area contributed by atoms with Gasteiger partial charge in [-0.15, -0.1) is 0 Å². The number of thioether (sulfide) groups is 1. The summed E-state index contributed by atoms with van der Waals surface area (Å²) in [6, 6.07) is 10.2. The number of hydrogen-bond acceptors (Lipinski definition) is 3. The molecule has 1 atom stereocenters. The Labute approximate surface area is 107 Å². The first kappa shape index (κ1) is 12.5. The largest absolute Gasteiger partial charge is 0.481 e. The Bertz CT molecular complexity index is 373. The Hall–Kier alpha value is -0.930. The van der Waals surface area contributed by atoms with Gasteiger partial charge >= 0.3 is 0 Å². The van der Waals surface area contributed by atoms with Crippen LogP contribution in [0.25, 0.3) is 6.08 Å². The molecule has 1 aromatic rings. The molecular weight excluding hydrogens is 232 g/mol. The predicted octanol–water partition coefficient (Wildman–Crippen LogP) is 3.54. The van der Waals surface area contributed by atoms with Crippen LogP contribution < -0.4 is 0 Å². The summed E-state index contributed by atoms with van der Waals surface area (Å²) in [5, 5.41) is 0.994. The third-order valence-electron chi connectivity index (χ3n) is 2.39. The molecule has 92 valence electrons. The molecule has 0 aromatic heterocycles. The van der Waals surface area contributed by atoms with Crippen molar-refractivity contribution in [1.29, 1.82) is 0 Å². The standard InChI is InChI=1S/C14H18O2S/c1-11(2)15-9-13-10-17-14(16-13)8-12-6-4-3-5-7-12/h3-8,11,13H,9-10H2,1-2H3. The van der Waals surface area contributed by atoms with Crippen molar-refractivity contribution in [3.05, 3.63) is 41.0 Å². The highest BCUT2D eigenvalue weighted by Crippen LogP contribution is 2.30. The molecule has 1 aromatic carbocycles. The van der Waals surface area contributed by atoms with Crippen LogP contribution in [0.1, 0.15) is 19.4 Å². The summed E-state index contributed by atoms with van der Waals surface area (Å²) in [5.74, 6) is 0.978. The van der Waals surface area contributed by atoms with Gasteiger partial charge in [-0.05, 0) is 25.5 Å². The first-order chi connectivity index (χ1) is 8.24. The third kappa shape index (κ3) is 4.10. The lowest BCUT2D eigenvalue weighted by molar-refractivity contribution is 0.0114. The van der Waals surface area contributed by atoms with E-state index in [0.29, 0.717) is 6.61 Å². The Morgan fingerprint density at radius 1 is 1.41 bits per heavy atom. The zero-order chi connectivity index (χ0) is 12.1. The molecule has 0 aliphatic carbocycles. The van der Waals surface area contributed by atoms with Crippen molar-refractivity contribution in [1.82, 2.24) is 0 Å². The van der Waals surface area contributed by atoms with Gasteiger partial charge in [-0.25, -0.2) is 0 Å². The van der Waals surface area contributed by atoms with Crippen molar-refractivity contribution in [2.24, 2.45) is 0 Å². The third-order valence-corrected chi connectivity index (χ3v) is 3.43. The fourth-order valence-electron chi connectivity index (χ4n) is 1.55. The summed E-state index contributed by atoms with van der Waals surface area (Å²) >= 11 is 1.76. The highest BCUT2D eigenvalue weighted by atomic mass is 32.2. The number of benzene rings is 1. The number of hydrogen-bond donors (Lipinski definition) is 0. The minimum atomic E-state index is 0.192. The first-order valence-corrected chi connectivity index (χ1v) is 6.90. The van der Waals surface area contributed by atoms with Crippen LogP contribution >= 0.6 is 11.8 Å². The van der Waals surface area contributed by atoms with Gasteiger partial charge in [0.2, 0.25) is 0 Å². The molecule has 0 radical (unpaired) electrons. The molecule has 1 fully saturated rings. The molecule has 0 saturated carbocycles. The van der Waals surface area contributed by atoms with Gasteiger partial charge in [0.25, 0.3) is 0 Å². The average Bonchev–Trinajstić information content (AvgIpc) is 2.75. The molecular formula is C14H18O2S. The summed E-state index contributed by atoms with van der Waals surface area (Å²) in [5.41, 5.74) is 1.18. The van der Waals surface area contributed by atoms with Gasteiger partial charge in [0.15, 0.2) is 5.09 Å². The van der Waals surface area contributed by atoms with Crippen molar-refractivity contribution in [2.45, 2.75) is 26.1 Å². The molecule has 1 aliphatic rings. The van der Waals surface area contributed by atoms with Crippen LogP contribution in [0.5, 0.6) is 0 Å². The molecule has 0 spiro atoms. The fraction of sp³-hybridized carbons (Fsp3) is 0.429. The molecule has 3 heteroatoms. The molecule has 0 bridgehead atoms. The van der Waals surface area contributed by atoms with Crippen LogP contribution in [-0.4, -0.2) is 24.6 Å². The van der Waals surface area contributed by atoms with E-state index in [1.807, 2.05) is 32.0 Å². The molecule has 0 amide bonds. The van der Waals surface area contributed by atoms with Gasteiger partial charge in [0.1, 0.15) is 6.10 Å². The maximum Gasteiger partial charge on any atom is 0.154 e. The van der Waals surface area contributed by atoms with E-state index in [-0.39, 0.29) is 12.2 Å². The van der Waals surface area contributed by atoms with Crippen LogP contribution in [0.15, 0.2) is 35.4 Å². The molecule has 0 N–H and O–H groups in total. The van der Waals surface area contributed by atoms with Crippen LogP contribution in [0, 0.1) is 0 Å². The van der Waals surface area contributed by atoms with E-state index in [0.717, 1.165) is 10.8 Å². The van der Waals surface area contributed by atoms with Gasteiger partial charge in [0, 0.05) is 5.75 Å². The smallest absolute Gasteiger partial charge is 0.154 e. The number of ether oxygens (including phenoxy) is 2. The van der Waals surface area contributed by atoms with Gasteiger partial charge in [0.05, 0.1) is 12.7 Å². The highest BCUT2D eigenvalue weighted by Gasteiger charge is 2.21. The Morgan fingerprint density at radius 2 is 2.18 bits per heavy atom. The van der Waals surface area contributed by atoms with Crippen molar-refractivity contribution in [3.8, 4) is 0 Å². The second-order valence-corrected chi connectivity index (χ2v) is 5.33. The van der Waals surface area contributed by atoms with Crippen molar-refractivity contribution in [2.75, 3.05) is 12.4 Å². The van der Waals surface area contributed by atoms with E-state index in [2.05, 4.69) is 18.2 Å². The fourth-order valence-corrected chi connectivity index (χ4v) is 2.49. The van der Waals surface area contributed by atoms with E-state index in [1.165, 1.54) is 5.56 Å². The SMILES string of the molecule is CC(C)OCC1CSC(=Cc2ccccc2)O1. The zero-order valence-electron chi connectivity index (χ0n) is 10.3. The maximum absolute atomic E-state index is 5.81. The average molecular weight is 250 g/mol. The first-order valence-electron chi connectivity index (χ1n) is 5.92. The minimum absolute atomic E-state index is 0.192. The van der Waals surface area contributed by atoms with Gasteiger partial charge < -0.3 is 9.47 Å². The van der Waals surface area contributed by atoms with Crippen LogP contribution in [0.3, 0.4) is 0 Å². The summed E-state index contributed by atoms with van der Waals surface area (Å²) in [4.78, 5) is 0. The monoisotopic (exact) mass is 250 g/mol. The van der Waals surface area contributed by atoms with Crippen LogP contribution in [-0.2, 0) is 9.47 Å². The quantitative estimate of drug-likeness (QED) is 0.814. The highest BCUT2D eigenvalue weighted by molar-refractivity contribution is 8.03. The van der Waals surface area contributed by atoms with Gasteiger partial charge in [-0.3, -0.25) is 0 Å². The Morgan fingerprint density at radius 3 is 2.88 bits per heavy atom. The lowest BCUT2D eigenvalue weighted by Crippen LogP contribution is -2.19. The minimum Gasteiger partial charge on any atom is -0.481 e. The summed E-state index contributed by atoms with van der Waals surface area (Å²) in [6.07, 6.45) is 2.54. The lowest BCUT2D eigenvalue weighted by Gasteiger charge is -2.12. The predicted molar refractivity (Wildman–Crippen MR) is 72.8 cm³/mol. The number of rotatable bonds is 4. The van der Waals surface area contributed by atoms with Gasteiger partial charge in [-0.2, -0.15) is 0 Å². The topological polar surface area (TPSA) is 18.5 Å². The van der Waals surface area contributed by atoms with E-state index in [1.54, 1.807) is 11.8 Å². The second kappa shape index (κ2) is 6.12. The molecule has 17 heavy (non-hydrogen) atoms. The molecule has 2 nitrogen and oxygen atoms in total. The summed E-state index contributed by atoms with van der Waals surface area (Å²) in [7, 11) is 0. The van der Waals surface area contributed by atoms with E-state index >= 15 is 0 Å². The van der Waals surface area contributed by atoms with Gasteiger partial charge in [-0.1, -0.05) is 42.1 Å². The lowest BCUT2D eigenvalue weighted by atomic mass is 10.2. The molecule has 1 unspecified atom stereocenters. The van der Waals surface area contributed by atoms with E-state index < -0.39 is 0 Å². The molecule has 2 rings (SSSR count). The van der Waals surface area contributed by atoms with E-state index in [4.69, 9.17) is 9.47 Å². The maximum atomic E-state index is 5.81. The van der Waals surface area contributed by atoms with Crippen LogP contribution in [0.2, 0.25) is 0 Å². The second-order valence-electron chi connectivity index (χ2n) is 4.31. The zero-order valence-corrected chi connectivity index (χ0v) is 11.1. The summed E-state index contributed by atoms with van der Waals surface area (Å²) in [6.45, 7) is 4.77. The Balaban J connectivity index is 1.87.